The van der Waals surface area contributed by atoms with Crippen LogP contribution in [0.4, 0.5) is 26.3 Å². The number of benzene rings is 1. The summed E-state index contributed by atoms with van der Waals surface area (Å²) in [4.78, 5) is 29.9. The summed E-state index contributed by atoms with van der Waals surface area (Å²) in [6, 6.07) is 5.87. The lowest BCUT2D eigenvalue weighted by molar-refractivity contribution is -0.193. The second-order valence-electron chi connectivity index (χ2n) is 7.08. The maximum atomic E-state index is 12.2. The average molecular weight is 509 g/mol. The molecule has 1 amide bonds. The SMILES string of the molecule is O=C(NCC1CC1)c1n[nH]c2cc(-c3cn[nH]c3)ccc12.O=C(O)C(F)(F)F.O=C(O)C(F)(F)F. The number of carbonyl (C=O) groups is 3. The lowest BCUT2D eigenvalue weighted by Gasteiger charge is -2.02. The van der Waals surface area contributed by atoms with Crippen molar-refractivity contribution >= 4 is 28.7 Å². The van der Waals surface area contributed by atoms with E-state index < -0.39 is 24.3 Å². The number of hydrogen-bond donors (Lipinski definition) is 5. The fraction of sp³-hybridized carbons (Fsp3) is 0.316. The van der Waals surface area contributed by atoms with E-state index in [-0.39, 0.29) is 5.91 Å². The summed E-state index contributed by atoms with van der Waals surface area (Å²) >= 11 is 0. The number of aromatic nitrogens is 4. The van der Waals surface area contributed by atoms with Crippen molar-refractivity contribution in [2.75, 3.05) is 6.54 Å². The van der Waals surface area contributed by atoms with Crippen LogP contribution in [0, 0.1) is 5.92 Å². The molecule has 0 saturated heterocycles. The molecule has 0 bridgehead atoms. The molecule has 0 atom stereocenters. The Balaban J connectivity index is 0.000000257. The average Bonchev–Trinajstić information content (AvgIpc) is 3.24. The lowest BCUT2D eigenvalue weighted by atomic mass is 10.1. The van der Waals surface area contributed by atoms with Crippen molar-refractivity contribution in [3.05, 3.63) is 36.3 Å². The van der Waals surface area contributed by atoms with E-state index in [1.54, 1.807) is 6.20 Å². The highest BCUT2D eigenvalue weighted by atomic mass is 19.4. The first kappa shape index (κ1) is 27.1. The molecule has 1 aliphatic rings. The van der Waals surface area contributed by atoms with E-state index in [4.69, 9.17) is 19.8 Å². The summed E-state index contributed by atoms with van der Waals surface area (Å²) in [5, 5.41) is 31.9. The number of fused-ring (bicyclic) bond motifs is 1. The van der Waals surface area contributed by atoms with Gasteiger partial charge in [0, 0.05) is 23.7 Å². The summed E-state index contributed by atoms with van der Waals surface area (Å²) in [6.07, 6.45) is -4.13. The summed E-state index contributed by atoms with van der Waals surface area (Å²) in [6.45, 7) is 0.750. The van der Waals surface area contributed by atoms with Crippen molar-refractivity contribution in [1.82, 2.24) is 25.7 Å². The van der Waals surface area contributed by atoms with E-state index in [0.29, 0.717) is 11.6 Å². The molecule has 0 aliphatic heterocycles. The monoisotopic (exact) mass is 509 g/mol. The molecule has 2 aromatic heterocycles. The minimum Gasteiger partial charge on any atom is -0.475 e. The zero-order chi connectivity index (χ0) is 26.4. The van der Waals surface area contributed by atoms with Crippen molar-refractivity contribution in [3.63, 3.8) is 0 Å². The number of carbonyl (C=O) groups excluding carboxylic acids is 1. The van der Waals surface area contributed by atoms with Crippen LogP contribution in [0.5, 0.6) is 0 Å². The Morgan fingerprint density at radius 3 is 2.03 bits per heavy atom. The van der Waals surface area contributed by atoms with E-state index in [0.717, 1.165) is 28.6 Å². The van der Waals surface area contributed by atoms with Gasteiger partial charge in [0.2, 0.25) is 0 Å². The van der Waals surface area contributed by atoms with Crippen LogP contribution in [0.1, 0.15) is 23.3 Å². The molecule has 2 heterocycles. The number of nitrogens with zero attached hydrogens (tertiary/aromatic N) is 2. The minimum absolute atomic E-state index is 0.107. The standard InChI is InChI=1S/C15H15N5O.2C2HF3O2/c21-15(16-6-9-1-2-9)14-12-4-3-10(5-13(12)19-20-14)11-7-17-18-8-11;2*3-2(4,5)1(6)7/h3-5,7-9H,1-2,6H2,(H,16,21)(H,17,18)(H,19,20);2*(H,6,7). The molecule has 1 saturated carbocycles. The number of aliphatic carboxylic acids is 2. The molecule has 0 unspecified atom stereocenters. The van der Waals surface area contributed by atoms with Crippen LogP contribution in [0.3, 0.4) is 0 Å². The smallest absolute Gasteiger partial charge is 0.475 e. The number of halogens is 6. The second kappa shape index (κ2) is 10.9. The summed E-state index contributed by atoms with van der Waals surface area (Å²) in [7, 11) is 0. The van der Waals surface area contributed by atoms with Gasteiger partial charge in [-0.1, -0.05) is 6.07 Å². The van der Waals surface area contributed by atoms with Gasteiger partial charge in [-0.3, -0.25) is 15.0 Å². The zero-order valence-electron chi connectivity index (χ0n) is 17.4. The summed E-state index contributed by atoms with van der Waals surface area (Å²) in [5.41, 5.74) is 3.35. The first-order chi connectivity index (χ1) is 16.2. The highest BCUT2D eigenvalue weighted by Crippen LogP contribution is 2.28. The van der Waals surface area contributed by atoms with Crippen molar-refractivity contribution in [2.24, 2.45) is 5.92 Å². The number of alkyl halides is 6. The molecule has 0 spiro atoms. The van der Waals surface area contributed by atoms with Crippen LogP contribution >= 0.6 is 0 Å². The topological polar surface area (TPSA) is 161 Å². The number of amides is 1. The van der Waals surface area contributed by atoms with Crippen LogP contribution in [-0.4, -0.2) is 67.4 Å². The van der Waals surface area contributed by atoms with Crippen LogP contribution in [0.15, 0.2) is 30.6 Å². The quantitative estimate of drug-likeness (QED) is 0.337. The molecule has 4 rings (SSSR count). The van der Waals surface area contributed by atoms with Gasteiger partial charge in [0.05, 0.1) is 11.7 Å². The largest absolute Gasteiger partial charge is 0.490 e. The van der Waals surface area contributed by atoms with E-state index in [1.165, 1.54) is 12.8 Å². The Morgan fingerprint density at radius 2 is 1.57 bits per heavy atom. The molecule has 35 heavy (non-hydrogen) atoms. The Bertz CT molecular complexity index is 1150. The molecule has 1 aliphatic carbocycles. The highest BCUT2D eigenvalue weighted by molar-refractivity contribution is 6.05. The van der Waals surface area contributed by atoms with Crippen LogP contribution < -0.4 is 5.32 Å². The van der Waals surface area contributed by atoms with Gasteiger partial charge >= 0.3 is 24.3 Å². The number of carboxylic acids is 2. The van der Waals surface area contributed by atoms with Gasteiger partial charge in [0.1, 0.15) is 0 Å². The summed E-state index contributed by atoms with van der Waals surface area (Å²) in [5.74, 6) is -4.96. The van der Waals surface area contributed by atoms with Gasteiger partial charge in [-0.2, -0.15) is 36.5 Å². The maximum Gasteiger partial charge on any atom is 0.490 e. The third-order valence-corrected chi connectivity index (χ3v) is 4.34. The molecule has 5 N–H and O–H groups in total. The van der Waals surface area contributed by atoms with Crippen LogP contribution in [0.25, 0.3) is 22.0 Å². The number of nitrogens with one attached hydrogen (secondary N) is 3. The number of hydrogen-bond acceptors (Lipinski definition) is 5. The van der Waals surface area contributed by atoms with Crippen molar-refractivity contribution in [2.45, 2.75) is 25.2 Å². The summed E-state index contributed by atoms with van der Waals surface area (Å²) < 4.78 is 63.5. The van der Waals surface area contributed by atoms with Gasteiger partial charge in [0.25, 0.3) is 5.91 Å². The fourth-order valence-corrected chi connectivity index (χ4v) is 2.42. The molecule has 10 nitrogen and oxygen atoms in total. The molecule has 3 aromatic rings. The van der Waals surface area contributed by atoms with Gasteiger partial charge in [-0.25, -0.2) is 9.59 Å². The predicted molar refractivity (Wildman–Crippen MR) is 106 cm³/mol. The Morgan fingerprint density at radius 1 is 1.00 bits per heavy atom. The third kappa shape index (κ3) is 8.31. The van der Waals surface area contributed by atoms with Crippen molar-refractivity contribution in [1.29, 1.82) is 0 Å². The number of rotatable bonds is 4. The predicted octanol–water partition coefficient (Wildman–Crippen LogP) is 3.36. The van der Waals surface area contributed by atoms with E-state index in [9.17, 15) is 31.1 Å². The highest BCUT2D eigenvalue weighted by Gasteiger charge is 2.38. The molecule has 0 radical (unpaired) electrons. The molecular weight excluding hydrogens is 492 g/mol. The van der Waals surface area contributed by atoms with Gasteiger partial charge in [0.15, 0.2) is 5.69 Å². The van der Waals surface area contributed by atoms with Crippen molar-refractivity contribution in [3.8, 4) is 11.1 Å². The number of aromatic amines is 2. The first-order valence-corrected chi connectivity index (χ1v) is 9.55. The Kier molecular flexibility index (Phi) is 8.43. The Hall–Kier alpha value is -4.11. The number of carboxylic acid groups (broad SMARTS) is 2. The van der Waals surface area contributed by atoms with E-state index >= 15 is 0 Å². The minimum atomic E-state index is -5.08. The van der Waals surface area contributed by atoms with Gasteiger partial charge in [-0.05, 0) is 36.5 Å². The first-order valence-electron chi connectivity index (χ1n) is 9.55. The molecular formula is C19H17F6N5O5. The van der Waals surface area contributed by atoms with Crippen LogP contribution in [0.2, 0.25) is 0 Å². The Labute approximate surface area is 191 Å². The van der Waals surface area contributed by atoms with Gasteiger partial charge in [-0.15, -0.1) is 0 Å². The van der Waals surface area contributed by atoms with E-state index in [2.05, 4.69) is 25.7 Å². The molecule has 1 fully saturated rings. The lowest BCUT2D eigenvalue weighted by Crippen LogP contribution is -2.26. The molecule has 190 valence electrons. The maximum absolute atomic E-state index is 12.2. The molecule has 16 heteroatoms. The van der Waals surface area contributed by atoms with Gasteiger partial charge < -0.3 is 15.5 Å². The number of H-pyrrole nitrogens is 2. The van der Waals surface area contributed by atoms with E-state index in [1.807, 2.05) is 24.4 Å². The van der Waals surface area contributed by atoms with Crippen molar-refractivity contribution < 1.29 is 50.9 Å². The second-order valence-corrected chi connectivity index (χ2v) is 7.08. The fourth-order valence-electron chi connectivity index (χ4n) is 2.42. The third-order valence-electron chi connectivity index (χ3n) is 4.34. The molecule has 1 aromatic carbocycles. The zero-order valence-corrected chi connectivity index (χ0v) is 17.4. The normalized spacial score (nSPS) is 13.2. The van der Waals surface area contributed by atoms with Crippen LogP contribution in [-0.2, 0) is 9.59 Å².